The van der Waals surface area contributed by atoms with E-state index in [4.69, 9.17) is 16.7 Å². The maximum Gasteiger partial charge on any atom is 0.335 e. The molecule has 0 amide bonds. The van der Waals surface area contributed by atoms with Gasteiger partial charge in [-0.1, -0.05) is 25.4 Å². The van der Waals surface area contributed by atoms with Crippen LogP contribution in [0.4, 0.5) is 0 Å². The highest BCUT2D eigenvalue weighted by Gasteiger charge is 2.27. The molecule has 0 spiro atoms. The first-order valence-corrected chi connectivity index (χ1v) is 8.26. The van der Waals surface area contributed by atoms with Crippen LogP contribution in [0.3, 0.4) is 0 Å². The van der Waals surface area contributed by atoms with Crippen molar-refractivity contribution in [2.24, 2.45) is 0 Å². The summed E-state index contributed by atoms with van der Waals surface area (Å²) in [6.45, 7) is 3.32. The van der Waals surface area contributed by atoms with Gasteiger partial charge in [0.2, 0.25) is 10.0 Å². The van der Waals surface area contributed by atoms with Gasteiger partial charge in [-0.15, -0.1) is 0 Å². The van der Waals surface area contributed by atoms with Gasteiger partial charge in [0, 0.05) is 6.54 Å². The summed E-state index contributed by atoms with van der Waals surface area (Å²) in [5, 5.41) is 18.9. The Morgan fingerprint density at radius 3 is 2.38 bits per heavy atom. The van der Waals surface area contributed by atoms with E-state index in [0.29, 0.717) is 12.8 Å². The molecule has 3 N–H and O–H groups in total. The van der Waals surface area contributed by atoms with Gasteiger partial charge in [-0.05, 0) is 31.0 Å². The number of carbonyl (C=O) groups is 1. The van der Waals surface area contributed by atoms with Crippen molar-refractivity contribution in [3.8, 4) is 0 Å². The molecule has 118 valence electrons. The summed E-state index contributed by atoms with van der Waals surface area (Å²) < 4.78 is 26.7. The number of nitrogens with one attached hydrogen (secondary N) is 1. The fourth-order valence-electron chi connectivity index (χ4n) is 1.65. The molecule has 0 radical (unpaired) electrons. The lowest BCUT2D eigenvalue weighted by molar-refractivity contribution is 0.0377. The summed E-state index contributed by atoms with van der Waals surface area (Å²) in [4.78, 5) is 10.6. The molecule has 1 rings (SSSR count). The van der Waals surface area contributed by atoms with Crippen molar-refractivity contribution in [1.82, 2.24) is 4.72 Å². The topological polar surface area (TPSA) is 104 Å². The first kappa shape index (κ1) is 17.9. The van der Waals surface area contributed by atoms with Gasteiger partial charge in [0.05, 0.1) is 16.2 Å². The van der Waals surface area contributed by atoms with E-state index in [9.17, 15) is 18.3 Å². The van der Waals surface area contributed by atoms with E-state index in [-0.39, 0.29) is 22.0 Å². The molecule has 0 saturated carbocycles. The molecule has 8 heteroatoms. The largest absolute Gasteiger partial charge is 0.478 e. The molecule has 0 aliphatic carbocycles. The molecule has 0 unspecified atom stereocenters. The van der Waals surface area contributed by atoms with Crippen LogP contribution in [0.5, 0.6) is 0 Å². The van der Waals surface area contributed by atoms with Gasteiger partial charge in [0.25, 0.3) is 0 Å². The molecular formula is C13H18ClNO5S. The molecule has 0 atom stereocenters. The van der Waals surface area contributed by atoms with Gasteiger partial charge >= 0.3 is 5.97 Å². The number of halogens is 1. The minimum Gasteiger partial charge on any atom is -0.478 e. The number of rotatable bonds is 7. The van der Waals surface area contributed by atoms with Gasteiger partial charge in [-0.3, -0.25) is 0 Å². The third kappa shape index (κ3) is 4.41. The molecule has 0 aliphatic rings. The average molecular weight is 336 g/mol. The van der Waals surface area contributed by atoms with E-state index >= 15 is 0 Å². The van der Waals surface area contributed by atoms with Crippen LogP contribution in [0.25, 0.3) is 0 Å². The van der Waals surface area contributed by atoms with Crippen LogP contribution >= 0.6 is 11.6 Å². The normalized spacial score (nSPS) is 12.4. The molecule has 0 aliphatic heterocycles. The van der Waals surface area contributed by atoms with Crippen LogP contribution in [-0.2, 0) is 10.0 Å². The fourth-order valence-corrected chi connectivity index (χ4v) is 3.29. The Hall–Kier alpha value is -1.15. The second kappa shape index (κ2) is 6.74. The SMILES string of the molecule is CCC(O)(CC)CNS(=O)(=O)c1cc(C(=O)O)ccc1Cl. The van der Waals surface area contributed by atoms with Crippen molar-refractivity contribution in [3.63, 3.8) is 0 Å². The van der Waals surface area contributed by atoms with Crippen LogP contribution in [0, 0.1) is 0 Å². The highest BCUT2D eigenvalue weighted by atomic mass is 35.5. The molecule has 0 bridgehead atoms. The Balaban J connectivity index is 3.08. The number of aromatic carboxylic acids is 1. The molecule has 0 fully saturated rings. The number of sulfonamides is 1. The third-order valence-electron chi connectivity index (χ3n) is 3.38. The monoisotopic (exact) mass is 335 g/mol. The Morgan fingerprint density at radius 1 is 1.33 bits per heavy atom. The third-order valence-corrected chi connectivity index (χ3v) is 5.26. The minimum absolute atomic E-state index is 0.0796. The standard InChI is InChI=1S/C13H18ClNO5S/c1-3-13(18,4-2)8-15-21(19,20)11-7-9(12(16)17)5-6-10(11)14/h5-7,15,18H,3-4,8H2,1-2H3,(H,16,17). The lowest BCUT2D eigenvalue weighted by atomic mass is 9.98. The first-order valence-electron chi connectivity index (χ1n) is 6.40. The summed E-state index contributed by atoms with van der Waals surface area (Å²) in [7, 11) is -4.01. The average Bonchev–Trinajstić information content (AvgIpc) is 2.45. The highest BCUT2D eigenvalue weighted by Crippen LogP contribution is 2.23. The number of carboxylic acids is 1. The number of hydrogen-bond donors (Lipinski definition) is 3. The van der Waals surface area contributed by atoms with Gasteiger partial charge in [0.15, 0.2) is 0 Å². The smallest absolute Gasteiger partial charge is 0.335 e. The van der Waals surface area contributed by atoms with Crippen LogP contribution in [0.1, 0.15) is 37.0 Å². The maximum absolute atomic E-state index is 12.2. The van der Waals surface area contributed by atoms with Gasteiger partial charge in [0.1, 0.15) is 4.90 Å². The Labute approximate surface area is 128 Å². The van der Waals surface area contributed by atoms with Gasteiger partial charge < -0.3 is 10.2 Å². The molecular weight excluding hydrogens is 318 g/mol. The zero-order chi connectivity index (χ0) is 16.3. The molecule has 0 aromatic heterocycles. The van der Waals surface area contributed by atoms with E-state index in [1.807, 2.05) is 0 Å². The molecule has 6 nitrogen and oxygen atoms in total. The van der Waals surface area contributed by atoms with E-state index in [0.717, 1.165) is 6.07 Å². The first-order chi connectivity index (χ1) is 9.65. The second-order valence-electron chi connectivity index (χ2n) is 4.71. The van der Waals surface area contributed by atoms with Crippen molar-refractivity contribution < 1.29 is 23.4 Å². The van der Waals surface area contributed by atoms with Crippen LogP contribution in [0.2, 0.25) is 5.02 Å². The van der Waals surface area contributed by atoms with Crippen molar-refractivity contribution in [2.45, 2.75) is 37.2 Å². The number of carboxylic acid groups (broad SMARTS) is 1. The molecule has 1 aromatic rings. The Morgan fingerprint density at radius 2 is 1.90 bits per heavy atom. The summed E-state index contributed by atoms with van der Waals surface area (Å²) in [5.41, 5.74) is -1.33. The van der Waals surface area contributed by atoms with Crippen LogP contribution in [-0.4, -0.2) is 36.7 Å². The van der Waals surface area contributed by atoms with Crippen molar-refractivity contribution in [2.75, 3.05) is 6.54 Å². The Bertz CT molecular complexity index is 625. The number of benzene rings is 1. The zero-order valence-corrected chi connectivity index (χ0v) is 13.3. The summed E-state index contributed by atoms with van der Waals surface area (Å²) in [5.74, 6) is -1.25. The number of aliphatic hydroxyl groups is 1. The van der Waals surface area contributed by atoms with Gasteiger partial charge in [-0.2, -0.15) is 0 Å². The predicted molar refractivity (Wildman–Crippen MR) is 79.1 cm³/mol. The predicted octanol–water partition coefficient (Wildman–Crippen LogP) is 1.87. The summed E-state index contributed by atoms with van der Waals surface area (Å²) >= 11 is 5.83. The van der Waals surface area contributed by atoms with Crippen molar-refractivity contribution in [1.29, 1.82) is 0 Å². The fraction of sp³-hybridized carbons (Fsp3) is 0.462. The molecule has 0 saturated heterocycles. The molecule has 21 heavy (non-hydrogen) atoms. The molecule has 1 aromatic carbocycles. The second-order valence-corrected chi connectivity index (χ2v) is 6.85. The van der Waals surface area contributed by atoms with E-state index in [1.165, 1.54) is 12.1 Å². The van der Waals surface area contributed by atoms with Crippen LogP contribution < -0.4 is 4.72 Å². The van der Waals surface area contributed by atoms with Crippen molar-refractivity contribution >= 4 is 27.6 Å². The number of hydrogen-bond acceptors (Lipinski definition) is 4. The van der Waals surface area contributed by atoms with Gasteiger partial charge in [-0.25, -0.2) is 17.9 Å². The van der Waals surface area contributed by atoms with Crippen molar-refractivity contribution in [3.05, 3.63) is 28.8 Å². The summed E-state index contributed by atoms with van der Waals surface area (Å²) in [6, 6.07) is 3.42. The Kier molecular flexibility index (Phi) is 5.75. The maximum atomic E-state index is 12.2. The quantitative estimate of drug-likeness (QED) is 0.705. The minimum atomic E-state index is -4.01. The lowest BCUT2D eigenvalue weighted by Gasteiger charge is -2.25. The van der Waals surface area contributed by atoms with E-state index in [2.05, 4.69) is 4.72 Å². The van der Waals surface area contributed by atoms with Crippen LogP contribution in [0.15, 0.2) is 23.1 Å². The lowest BCUT2D eigenvalue weighted by Crippen LogP contribution is -2.42. The molecule has 0 heterocycles. The van der Waals surface area contributed by atoms with E-state index in [1.54, 1.807) is 13.8 Å². The zero-order valence-electron chi connectivity index (χ0n) is 11.8. The highest BCUT2D eigenvalue weighted by molar-refractivity contribution is 7.89. The van der Waals surface area contributed by atoms with E-state index < -0.39 is 21.6 Å². The summed E-state index contributed by atoms with van der Waals surface area (Å²) in [6.07, 6.45) is 0.768.